The van der Waals surface area contributed by atoms with Gasteiger partial charge in [-0.05, 0) is 36.8 Å². The van der Waals surface area contributed by atoms with Crippen LogP contribution in [0.4, 0.5) is 10.5 Å². The average Bonchev–Trinajstić information content (AvgIpc) is 2.82. The third kappa shape index (κ3) is 5.91. The molecule has 0 fully saturated rings. The lowest BCUT2D eigenvalue weighted by molar-refractivity contribution is 0.0211. The van der Waals surface area contributed by atoms with Gasteiger partial charge in [0.15, 0.2) is 5.75 Å². The quantitative estimate of drug-likeness (QED) is 0.568. The van der Waals surface area contributed by atoms with Crippen molar-refractivity contribution >= 4 is 17.7 Å². The molecule has 0 radical (unpaired) electrons. The van der Waals surface area contributed by atoms with Crippen molar-refractivity contribution in [1.29, 1.82) is 0 Å². The van der Waals surface area contributed by atoms with Gasteiger partial charge in [0.2, 0.25) is 0 Å². The summed E-state index contributed by atoms with van der Waals surface area (Å²) in [5.41, 5.74) is 7.85. The number of para-hydroxylation sites is 1. The molecule has 2 amide bonds. The van der Waals surface area contributed by atoms with Crippen molar-refractivity contribution in [2.45, 2.75) is 32.6 Å². The molecular weight excluding hydrogens is 438 g/mol. The monoisotopic (exact) mass is 471 g/mol. The molecule has 0 unspecified atom stereocenters. The van der Waals surface area contributed by atoms with Crippen molar-refractivity contribution in [3.05, 3.63) is 53.6 Å². The van der Waals surface area contributed by atoms with Gasteiger partial charge in [-0.25, -0.2) is 4.79 Å². The molecule has 9 nitrogen and oxygen atoms in total. The molecule has 34 heavy (non-hydrogen) atoms. The van der Waals surface area contributed by atoms with E-state index in [0.29, 0.717) is 36.8 Å². The highest BCUT2D eigenvalue weighted by Gasteiger charge is 2.34. The largest absolute Gasteiger partial charge is 0.497 e. The number of nitrogen functional groups attached to an aromatic ring is 1. The summed E-state index contributed by atoms with van der Waals surface area (Å²) in [7, 11) is 3.11. The first-order chi connectivity index (χ1) is 16.2. The van der Waals surface area contributed by atoms with Gasteiger partial charge >= 0.3 is 6.09 Å². The van der Waals surface area contributed by atoms with Crippen LogP contribution in [0.25, 0.3) is 0 Å². The number of likely N-dealkylation sites (N-methyl/N-ethyl adjacent to an activating group) is 1. The van der Waals surface area contributed by atoms with Gasteiger partial charge in [0.25, 0.3) is 5.91 Å². The number of carboxylic acid groups (broad SMARTS) is 1. The first-order valence-corrected chi connectivity index (χ1v) is 11.2. The Kier molecular flexibility index (Phi) is 8.22. The molecule has 3 rings (SSSR count). The zero-order chi connectivity index (χ0) is 24.8. The predicted octanol–water partition coefficient (Wildman–Crippen LogP) is 3.33. The minimum Gasteiger partial charge on any atom is -0.497 e. The van der Waals surface area contributed by atoms with Crippen LogP contribution in [-0.4, -0.2) is 72.9 Å². The van der Waals surface area contributed by atoms with Crippen LogP contribution in [0.5, 0.6) is 11.5 Å². The number of rotatable bonds is 8. The molecule has 0 spiro atoms. The molecule has 184 valence electrons. The Morgan fingerprint density at radius 2 is 2.00 bits per heavy atom. The maximum absolute atomic E-state index is 13.5. The minimum atomic E-state index is -1.05. The molecule has 3 atom stereocenters. The Morgan fingerprint density at radius 1 is 1.29 bits per heavy atom. The summed E-state index contributed by atoms with van der Waals surface area (Å²) < 4.78 is 17.2. The molecule has 2 aromatic carbocycles. The maximum atomic E-state index is 13.5. The average molecular weight is 472 g/mol. The number of amides is 2. The number of nitrogens with two attached hydrogens (primary N) is 1. The van der Waals surface area contributed by atoms with Gasteiger partial charge in [0, 0.05) is 19.5 Å². The molecule has 1 aliphatic heterocycles. The van der Waals surface area contributed by atoms with Crippen molar-refractivity contribution in [3.8, 4) is 11.5 Å². The van der Waals surface area contributed by atoms with Crippen LogP contribution in [0, 0.1) is 5.92 Å². The summed E-state index contributed by atoms with van der Waals surface area (Å²) in [6.45, 7) is 5.15. The first kappa shape index (κ1) is 25.2. The molecule has 0 aliphatic carbocycles. The highest BCUT2D eigenvalue weighted by atomic mass is 16.5. The van der Waals surface area contributed by atoms with Crippen molar-refractivity contribution in [2.24, 2.45) is 5.92 Å². The molecule has 2 aromatic rings. The topological polar surface area (TPSA) is 115 Å². The van der Waals surface area contributed by atoms with Gasteiger partial charge < -0.3 is 34.9 Å². The van der Waals surface area contributed by atoms with Crippen LogP contribution in [-0.2, 0) is 11.3 Å². The Morgan fingerprint density at radius 3 is 2.65 bits per heavy atom. The Balaban J connectivity index is 1.77. The normalized spacial score (nSPS) is 18.8. The minimum absolute atomic E-state index is 0.147. The molecule has 0 saturated heterocycles. The molecule has 3 N–H and O–H groups in total. The summed E-state index contributed by atoms with van der Waals surface area (Å²) in [6.07, 6.45) is -1.53. The standard InChI is InChI=1S/C25H33N3O6/c1-16-12-28(17(2)14-33-15-18-8-10-19(32-4)11-9-18)24(29)20-6-5-7-21(26)23(20)34-22(16)13-27(3)25(30)31/h5-11,16-17,22H,12-15,26H2,1-4H3,(H,30,31)/t16-,17+,22+/m1/s1. The van der Waals surface area contributed by atoms with Crippen LogP contribution in [0.2, 0.25) is 0 Å². The van der Waals surface area contributed by atoms with Crippen LogP contribution >= 0.6 is 0 Å². The first-order valence-electron chi connectivity index (χ1n) is 11.2. The number of benzene rings is 2. The number of carbonyl (C=O) groups excluding carboxylic acids is 1. The fourth-order valence-corrected chi connectivity index (χ4v) is 3.89. The fraction of sp³-hybridized carbons (Fsp3) is 0.440. The van der Waals surface area contributed by atoms with E-state index < -0.39 is 12.2 Å². The molecular formula is C25H33N3O6. The second-order valence-corrected chi connectivity index (χ2v) is 8.69. The molecule has 0 aromatic heterocycles. The van der Waals surface area contributed by atoms with Gasteiger partial charge in [-0.1, -0.05) is 25.1 Å². The summed E-state index contributed by atoms with van der Waals surface area (Å²) in [6, 6.07) is 12.5. The van der Waals surface area contributed by atoms with Gasteiger partial charge in [0.05, 0.1) is 44.2 Å². The highest BCUT2D eigenvalue weighted by Crippen LogP contribution is 2.33. The van der Waals surface area contributed by atoms with E-state index in [4.69, 9.17) is 19.9 Å². The molecule has 9 heteroatoms. The summed E-state index contributed by atoms with van der Waals surface area (Å²) in [5.74, 6) is 0.724. The van der Waals surface area contributed by atoms with Gasteiger partial charge in [-0.3, -0.25) is 4.79 Å². The van der Waals surface area contributed by atoms with E-state index >= 15 is 0 Å². The van der Waals surface area contributed by atoms with Crippen molar-refractivity contribution in [2.75, 3.05) is 39.6 Å². The van der Waals surface area contributed by atoms with Crippen LogP contribution in [0.1, 0.15) is 29.8 Å². The second kappa shape index (κ2) is 11.1. The number of hydrogen-bond acceptors (Lipinski definition) is 6. The highest BCUT2D eigenvalue weighted by molar-refractivity contribution is 5.99. The Labute approximate surface area is 200 Å². The number of anilines is 1. The number of hydrogen-bond donors (Lipinski definition) is 2. The lowest BCUT2D eigenvalue weighted by atomic mass is 9.99. The van der Waals surface area contributed by atoms with E-state index in [9.17, 15) is 14.7 Å². The van der Waals surface area contributed by atoms with Crippen LogP contribution in [0.15, 0.2) is 42.5 Å². The van der Waals surface area contributed by atoms with E-state index in [1.54, 1.807) is 30.2 Å². The molecule has 1 aliphatic rings. The third-order valence-electron chi connectivity index (χ3n) is 6.02. The van der Waals surface area contributed by atoms with Crippen molar-refractivity contribution in [1.82, 2.24) is 9.80 Å². The number of carbonyl (C=O) groups is 2. The molecule has 1 heterocycles. The number of methoxy groups -OCH3 is 1. The lowest BCUT2D eigenvalue weighted by Crippen LogP contribution is -2.50. The lowest BCUT2D eigenvalue weighted by Gasteiger charge is -2.38. The number of ether oxygens (including phenoxy) is 3. The summed E-state index contributed by atoms with van der Waals surface area (Å²) in [4.78, 5) is 27.8. The summed E-state index contributed by atoms with van der Waals surface area (Å²) >= 11 is 0. The van der Waals surface area contributed by atoms with E-state index in [0.717, 1.165) is 11.3 Å². The molecule has 0 saturated carbocycles. The van der Waals surface area contributed by atoms with Crippen LogP contribution < -0.4 is 15.2 Å². The van der Waals surface area contributed by atoms with E-state index in [2.05, 4.69) is 0 Å². The Hall–Kier alpha value is -3.46. The zero-order valence-electron chi connectivity index (χ0n) is 20.1. The second-order valence-electron chi connectivity index (χ2n) is 8.69. The van der Waals surface area contributed by atoms with E-state index in [-0.39, 0.29) is 24.4 Å². The number of fused-ring (bicyclic) bond motifs is 1. The summed E-state index contributed by atoms with van der Waals surface area (Å²) in [5, 5.41) is 9.33. The fourth-order valence-electron chi connectivity index (χ4n) is 3.89. The predicted molar refractivity (Wildman–Crippen MR) is 128 cm³/mol. The van der Waals surface area contributed by atoms with Crippen LogP contribution in [0.3, 0.4) is 0 Å². The van der Waals surface area contributed by atoms with Gasteiger partial charge in [-0.2, -0.15) is 0 Å². The van der Waals surface area contributed by atoms with Gasteiger partial charge in [-0.15, -0.1) is 0 Å². The van der Waals surface area contributed by atoms with Crippen molar-refractivity contribution in [3.63, 3.8) is 0 Å². The third-order valence-corrected chi connectivity index (χ3v) is 6.02. The van der Waals surface area contributed by atoms with E-state index in [1.165, 1.54) is 11.9 Å². The Bertz CT molecular complexity index is 997. The SMILES string of the molecule is COc1ccc(COC[C@H](C)N2C[C@@H](C)[C@H](CN(C)C(=O)O)Oc3c(N)cccc3C2=O)cc1. The molecule has 0 bridgehead atoms. The van der Waals surface area contributed by atoms with Crippen molar-refractivity contribution < 1.29 is 28.9 Å². The van der Waals surface area contributed by atoms with Gasteiger partial charge in [0.1, 0.15) is 11.9 Å². The zero-order valence-corrected chi connectivity index (χ0v) is 20.1. The number of nitrogens with zero attached hydrogens (tertiary/aromatic N) is 2. The smallest absolute Gasteiger partial charge is 0.407 e. The van der Waals surface area contributed by atoms with E-state index in [1.807, 2.05) is 38.1 Å². The maximum Gasteiger partial charge on any atom is 0.407 e.